The van der Waals surface area contributed by atoms with Crippen molar-refractivity contribution in [3.8, 4) is 0 Å². The van der Waals surface area contributed by atoms with Gasteiger partial charge in [0, 0.05) is 29.2 Å². The van der Waals surface area contributed by atoms with Crippen LogP contribution in [0.3, 0.4) is 0 Å². The Morgan fingerprint density at radius 3 is 2.68 bits per heavy atom. The molecule has 3 heterocycles. The quantitative estimate of drug-likeness (QED) is 0.483. The lowest BCUT2D eigenvalue weighted by atomic mass is 10.0. The Morgan fingerprint density at radius 2 is 1.97 bits per heavy atom. The maximum atomic E-state index is 13.5. The highest BCUT2D eigenvalue weighted by molar-refractivity contribution is 7.92. The minimum Gasteiger partial charge on any atom is -0.478 e. The van der Waals surface area contributed by atoms with Crippen molar-refractivity contribution >= 4 is 44.9 Å². The van der Waals surface area contributed by atoms with Gasteiger partial charge in [0.25, 0.3) is 15.9 Å². The summed E-state index contributed by atoms with van der Waals surface area (Å²) in [4.78, 5) is 27.6. The summed E-state index contributed by atoms with van der Waals surface area (Å²) in [6.45, 7) is 3.89. The van der Waals surface area contributed by atoms with Crippen molar-refractivity contribution in [3.63, 3.8) is 0 Å². The number of aromatic amines is 1. The smallest absolute Gasteiger partial charge is 0.337 e. The van der Waals surface area contributed by atoms with Crippen LogP contribution in [0.5, 0.6) is 0 Å². The number of nitrogens with zero attached hydrogens (tertiary/aromatic N) is 1. The number of carbonyl (C=O) groups is 2. The Hall–Kier alpha value is -3.85. The highest BCUT2D eigenvalue weighted by Crippen LogP contribution is 2.38. The van der Waals surface area contributed by atoms with Crippen LogP contribution in [0.1, 0.15) is 45.4 Å². The monoisotopic (exact) mass is 477 g/mol. The molecular weight excluding hydrogens is 454 g/mol. The fourth-order valence-electron chi connectivity index (χ4n) is 4.68. The molecule has 0 saturated carbocycles. The molecule has 2 aliphatic heterocycles. The Kier molecular flexibility index (Phi) is 5.09. The predicted molar refractivity (Wildman–Crippen MR) is 129 cm³/mol. The van der Waals surface area contributed by atoms with E-state index in [1.165, 1.54) is 16.4 Å². The van der Waals surface area contributed by atoms with Crippen molar-refractivity contribution in [1.29, 1.82) is 0 Å². The van der Waals surface area contributed by atoms with Gasteiger partial charge in [-0.15, -0.1) is 0 Å². The number of aryl methyl sites for hydroxylation is 1. The van der Waals surface area contributed by atoms with E-state index in [0.29, 0.717) is 53.3 Å². The molecular formula is C25H23N3O5S. The number of carbonyl (C=O) groups excluding carboxylic acids is 1. The summed E-state index contributed by atoms with van der Waals surface area (Å²) in [5.41, 5.74) is 4.69. The topological polar surface area (TPSA) is 120 Å². The number of aromatic nitrogens is 1. The average Bonchev–Trinajstić information content (AvgIpc) is 3.47. The molecule has 0 radical (unpaired) electrons. The SMILES string of the molecule is CCc1[nH]c(/C=C2\C(=O)Nc3ccc(S(=O)(=O)N4CCc5ccccc54)cc32)c(C)c1C(=O)O. The minimum atomic E-state index is -3.83. The number of para-hydroxylation sites is 1. The lowest BCUT2D eigenvalue weighted by Crippen LogP contribution is -2.29. The Balaban J connectivity index is 1.59. The third-order valence-electron chi connectivity index (χ3n) is 6.43. The fourth-order valence-corrected chi connectivity index (χ4v) is 6.21. The molecule has 2 aliphatic rings. The summed E-state index contributed by atoms with van der Waals surface area (Å²) in [6.07, 6.45) is 2.72. The lowest BCUT2D eigenvalue weighted by molar-refractivity contribution is -0.110. The summed E-state index contributed by atoms with van der Waals surface area (Å²) >= 11 is 0. The molecule has 0 bridgehead atoms. The maximum absolute atomic E-state index is 13.5. The number of hydrogen-bond acceptors (Lipinski definition) is 4. The van der Waals surface area contributed by atoms with Crippen LogP contribution in [0, 0.1) is 6.92 Å². The summed E-state index contributed by atoms with van der Waals surface area (Å²) < 4.78 is 28.4. The van der Waals surface area contributed by atoms with Crippen LogP contribution in [0.15, 0.2) is 47.4 Å². The lowest BCUT2D eigenvalue weighted by Gasteiger charge is -2.20. The number of amides is 1. The molecule has 0 spiro atoms. The summed E-state index contributed by atoms with van der Waals surface area (Å²) in [6, 6.07) is 12.0. The standard InChI is InChI=1S/C25H23N3O5S/c1-3-19-23(25(30)31)14(2)21(26-19)13-18-17-12-16(8-9-20(17)27-24(18)29)34(32,33)28-11-10-15-6-4-5-7-22(15)28/h4-9,12-13,26H,3,10-11H2,1-2H3,(H,27,29)(H,30,31)/b18-13-. The Labute approximate surface area is 197 Å². The molecule has 8 nitrogen and oxygen atoms in total. The third-order valence-corrected chi connectivity index (χ3v) is 8.24. The van der Waals surface area contributed by atoms with Crippen molar-refractivity contribution in [1.82, 2.24) is 4.98 Å². The van der Waals surface area contributed by atoms with E-state index >= 15 is 0 Å². The zero-order valence-electron chi connectivity index (χ0n) is 18.7. The zero-order chi connectivity index (χ0) is 24.2. The first-order chi connectivity index (χ1) is 16.2. The van der Waals surface area contributed by atoms with Crippen LogP contribution in [-0.4, -0.2) is 36.9 Å². The normalized spacial score (nSPS) is 16.0. The van der Waals surface area contributed by atoms with Crippen LogP contribution < -0.4 is 9.62 Å². The van der Waals surface area contributed by atoms with Gasteiger partial charge in [0.1, 0.15) is 0 Å². The highest BCUT2D eigenvalue weighted by atomic mass is 32.2. The largest absolute Gasteiger partial charge is 0.478 e. The van der Waals surface area contributed by atoms with Crippen molar-refractivity contribution in [3.05, 3.63) is 76.1 Å². The van der Waals surface area contributed by atoms with Crippen LogP contribution in [-0.2, 0) is 27.7 Å². The number of anilines is 2. The molecule has 2 aromatic carbocycles. The van der Waals surface area contributed by atoms with Gasteiger partial charge < -0.3 is 15.4 Å². The second-order valence-electron chi connectivity index (χ2n) is 8.35. The molecule has 3 N–H and O–H groups in total. The molecule has 0 unspecified atom stereocenters. The van der Waals surface area contributed by atoms with Gasteiger partial charge in [-0.05, 0) is 61.2 Å². The molecule has 3 aromatic rings. The molecule has 9 heteroatoms. The Bertz CT molecular complexity index is 1500. The first-order valence-electron chi connectivity index (χ1n) is 10.9. The van der Waals surface area contributed by atoms with Crippen molar-refractivity contribution in [2.75, 3.05) is 16.2 Å². The number of rotatable bonds is 5. The van der Waals surface area contributed by atoms with Gasteiger partial charge in [0.05, 0.1) is 21.7 Å². The fraction of sp³-hybridized carbons (Fsp3) is 0.200. The van der Waals surface area contributed by atoms with E-state index in [-0.39, 0.29) is 21.9 Å². The molecule has 174 valence electrons. The molecule has 1 amide bonds. The number of carboxylic acids is 1. The first-order valence-corrected chi connectivity index (χ1v) is 12.4. The van der Waals surface area contributed by atoms with E-state index in [2.05, 4.69) is 10.3 Å². The van der Waals surface area contributed by atoms with Crippen LogP contribution in [0.2, 0.25) is 0 Å². The second kappa shape index (κ2) is 7.88. The van der Waals surface area contributed by atoms with Crippen LogP contribution >= 0.6 is 0 Å². The predicted octanol–water partition coefficient (Wildman–Crippen LogP) is 3.83. The first kappa shape index (κ1) is 22.0. The number of H-pyrrole nitrogens is 1. The number of hydrogen-bond donors (Lipinski definition) is 3. The van der Waals surface area contributed by atoms with Gasteiger partial charge in [0.15, 0.2) is 0 Å². The van der Waals surface area contributed by atoms with Crippen LogP contribution in [0.25, 0.3) is 11.6 Å². The number of benzene rings is 2. The number of aromatic carboxylic acids is 1. The Morgan fingerprint density at radius 1 is 1.21 bits per heavy atom. The van der Waals surface area contributed by atoms with Gasteiger partial charge in [-0.25, -0.2) is 13.2 Å². The van der Waals surface area contributed by atoms with Gasteiger partial charge in [0.2, 0.25) is 0 Å². The number of fused-ring (bicyclic) bond motifs is 2. The maximum Gasteiger partial charge on any atom is 0.337 e. The van der Waals surface area contributed by atoms with Crippen molar-refractivity contribution in [2.45, 2.75) is 31.6 Å². The second-order valence-corrected chi connectivity index (χ2v) is 10.2. The number of sulfonamides is 1. The number of nitrogens with one attached hydrogen (secondary N) is 2. The van der Waals surface area contributed by atoms with Gasteiger partial charge in [-0.3, -0.25) is 9.10 Å². The zero-order valence-corrected chi connectivity index (χ0v) is 19.5. The highest BCUT2D eigenvalue weighted by Gasteiger charge is 2.33. The van der Waals surface area contributed by atoms with E-state index in [9.17, 15) is 23.1 Å². The van der Waals surface area contributed by atoms with Crippen LogP contribution in [0.4, 0.5) is 11.4 Å². The van der Waals surface area contributed by atoms with Gasteiger partial charge in [-0.2, -0.15) is 0 Å². The van der Waals surface area contributed by atoms with E-state index in [1.54, 1.807) is 25.1 Å². The molecule has 5 rings (SSSR count). The average molecular weight is 478 g/mol. The van der Waals surface area contributed by atoms with Crippen molar-refractivity contribution in [2.24, 2.45) is 0 Å². The van der Waals surface area contributed by atoms with E-state index in [0.717, 1.165) is 5.56 Å². The summed E-state index contributed by atoms with van der Waals surface area (Å²) in [5.74, 6) is -1.41. The molecule has 34 heavy (non-hydrogen) atoms. The van der Waals surface area contributed by atoms with E-state index in [4.69, 9.17) is 0 Å². The minimum absolute atomic E-state index is 0.0917. The molecule has 0 atom stereocenters. The van der Waals surface area contributed by atoms with Gasteiger partial charge in [-0.1, -0.05) is 25.1 Å². The van der Waals surface area contributed by atoms with E-state index in [1.807, 2.05) is 25.1 Å². The number of carboxylic acid groups (broad SMARTS) is 1. The molecule has 0 saturated heterocycles. The third kappa shape index (κ3) is 3.31. The van der Waals surface area contributed by atoms with Crippen molar-refractivity contribution < 1.29 is 23.1 Å². The summed E-state index contributed by atoms with van der Waals surface area (Å²) in [5, 5.41) is 12.3. The molecule has 0 fully saturated rings. The molecule has 1 aromatic heterocycles. The molecule has 0 aliphatic carbocycles. The summed E-state index contributed by atoms with van der Waals surface area (Å²) in [7, 11) is -3.83. The van der Waals surface area contributed by atoms with Gasteiger partial charge >= 0.3 is 5.97 Å². The van der Waals surface area contributed by atoms with E-state index < -0.39 is 16.0 Å².